The van der Waals surface area contributed by atoms with Crippen molar-refractivity contribution in [1.82, 2.24) is 15.1 Å². The lowest BCUT2D eigenvalue weighted by atomic mass is 10.0. The topological polar surface area (TPSA) is 73.2 Å². The molecule has 1 aromatic heterocycles. The SMILES string of the molecule is COC(=O)C(NC(=O)c1cc(C(C)C)n(C(C)(C)C)n1)C(C)C. The summed E-state index contributed by atoms with van der Waals surface area (Å²) in [6.07, 6.45) is 0. The van der Waals surface area contributed by atoms with Crippen LogP contribution in [-0.4, -0.2) is 34.8 Å². The summed E-state index contributed by atoms with van der Waals surface area (Å²) in [5, 5.41) is 7.18. The molecule has 1 heterocycles. The molecule has 0 aromatic carbocycles. The molecule has 1 unspecified atom stereocenters. The molecule has 6 nitrogen and oxygen atoms in total. The molecule has 1 N–H and O–H groups in total. The third kappa shape index (κ3) is 4.56. The highest BCUT2D eigenvalue weighted by molar-refractivity contribution is 5.95. The zero-order chi connectivity index (χ0) is 17.9. The van der Waals surface area contributed by atoms with Crippen molar-refractivity contribution >= 4 is 11.9 Å². The lowest BCUT2D eigenvalue weighted by Crippen LogP contribution is -2.45. The highest BCUT2D eigenvalue weighted by Crippen LogP contribution is 2.23. The van der Waals surface area contributed by atoms with Crippen molar-refractivity contribution in [1.29, 1.82) is 0 Å². The molecule has 6 heteroatoms. The van der Waals surface area contributed by atoms with E-state index in [1.807, 2.05) is 39.3 Å². The van der Waals surface area contributed by atoms with E-state index in [2.05, 4.69) is 24.3 Å². The van der Waals surface area contributed by atoms with Gasteiger partial charge in [-0.05, 0) is 38.7 Å². The summed E-state index contributed by atoms with van der Waals surface area (Å²) in [6.45, 7) is 14.0. The van der Waals surface area contributed by atoms with E-state index in [0.717, 1.165) is 5.69 Å². The van der Waals surface area contributed by atoms with Gasteiger partial charge in [-0.15, -0.1) is 0 Å². The smallest absolute Gasteiger partial charge is 0.328 e. The first-order valence-electron chi connectivity index (χ1n) is 7.98. The van der Waals surface area contributed by atoms with Gasteiger partial charge in [-0.2, -0.15) is 5.10 Å². The summed E-state index contributed by atoms with van der Waals surface area (Å²) in [7, 11) is 1.31. The molecule has 0 saturated carbocycles. The van der Waals surface area contributed by atoms with Crippen LogP contribution in [-0.2, 0) is 15.1 Å². The Morgan fingerprint density at radius 1 is 1.22 bits per heavy atom. The Kier molecular flexibility index (Phi) is 5.97. The zero-order valence-electron chi connectivity index (χ0n) is 15.4. The second-order valence-electron chi connectivity index (χ2n) is 7.41. The fraction of sp³-hybridized carbons (Fsp3) is 0.706. The average Bonchev–Trinajstić information content (AvgIpc) is 2.88. The van der Waals surface area contributed by atoms with Crippen molar-refractivity contribution in [2.45, 2.75) is 66.0 Å². The number of methoxy groups -OCH3 is 1. The molecule has 0 aliphatic rings. The Morgan fingerprint density at radius 3 is 2.13 bits per heavy atom. The predicted octanol–water partition coefficient (Wildman–Crippen LogP) is 2.69. The van der Waals surface area contributed by atoms with Gasteiger partial charge in [0.1, 0.15) is 11.7 Å². The van der Waals surface area contributed by atoms with Gasteiger partial charge in [0, 0.05) is 5.69 Å². The fourth-order valence-corrected chi connectivity index (χ4v) is 2.29. The summed E-state index contributed by atoms with van der Waals surface area (Å²) in [4.78, 5) is 24.3. The van der Waals surface area contributed by atoms with Crippen LogP contribution in [0, 0.1) is 5.92 Å². The Labute approximate surface area is 138 Å². The number of carbonyl (C=O) groups excluding carboxylic acids is 2. The van der Waals surface area contributed by atoms with E-state index >= 15 is 0 Å². The van der Waals surface area contributed by atoms with Gasteiger partial charge < -0.3 is 10.1 Å². The molecule has 0 fully saturated rings. The number of nitrogens with zero attached hydrogens (tertiary/aromatic N) is 2. The number of nitrogens with one attached hydrogen (secondary N) is 1. The van der Waals surface area contributed by atoms with Crippen LogP contribution in [0.1, 0.15) is 70.6 Å². The molecule has 0 bridgehead atoms. The normalized spacial score (nSPS) is 13.3. The van der Waals surface area contributed by atoms with Crippen LogP contribution in [0.4, 0.5) is 0 Å². The molecule has 0 saturated heterocycles. The molecule has 0 aliphatic carbocycles. The van der Waals surface area contributed by atoms with E-state index in [1.165, 1.54) is 7.11 Å². The van der Waals surface area contributed by atoms with Crippen LogP contribution in [0.5, 0.6) is 0 Å². The molecule has 1 aromatic rings. The summed E-state index contributed by atoms with van der Waals surface area (Å²) >= 11 is 0. The molecule has 0 aliphatic heterocycles. The van der Waals surface area contributed by atoms with Crippen molar-refractivity contribution in [2.24, 2.45) is 5.92 Å². The molecule has 0 radical (unpaired) electrons. The fourth-order valence-electron chi connectivity index (χ4n) is 2.29. The van der Waals surface area contributed by atoms with Gasteiger partial charge in [-0.1, -0.05) is 27.7 Å². The molecular formula is C17H29N3O3. The van der Waals surface area contributed by atoms with E-state index in [1.54, 1.807) is 6.07 Å². The summed E-state index contributed by atoms with van der Waals surface area (Å²) in [6, 6.07) is 1.11. The van der Waals surface area contributed by atoms with Crippen molar-refractivity contribution in [3.63, 3.8) is 0 Å². The Bertz CT molecular complexity index is 568. The highest BCUT2D eigenvalue weighted by Gasteiger charge is 2.28. The molecule has 130 valence electrons. The number of hydrogen-bond donors (Lipinski definition) is 1. The van der Waals surface area contributed by atoms with E-state index in [4.69, 9.17) is 4.74 Å². The summed E-state index contributed by atoms with van der Waals surface area (Å²) in [5.74, 6) is -0.642. The van der Waals surface area contributed by atoms with Crippen molar-refractivity contribution in [3.8, 4) is 0 Å². The number of esters is 1. The molecular weight excluding hydrogens is 294 g/mol. The number of amides is 1. The Balaban J connectivity index is 3.11. The standard InChI is InChI=1S/C17H29N3O3/c1-10(2)13-9-12(19-20(13)17(5,6)7)15(21)18-14(11(3)4)16(22)23-8/h9-11,14H,1-8H3,(H,18,21). The average molecular weight is 323 g/mol. The van der Waals surface area contributed by atoms with Crippen LogP contribution < -0.4 is 5.32 Å². The minimum Gasteiger partial charge on any atom is -0.467 e. The van der Waals surface area contributed by atoms with Crippen molar-refractivity contribution in [3.05, 3.63) is 17.5 Å². The lowest BCUT2D eigenvalue weighted by Gasteiger charge is -2.23. The van der Waals surface area contributed by atoms with Gasteiger partial charge in [0.25, 0.3) is 5.91 Å². The number of rotatable bonds is 5. The number of carbonyl (C=O) groups is 2. The van der Waals surface area contributed by atoms with Crippen molar-refractivity contribution < 1.29 is 14.3 Å². The maximum absolute atomic E-state index is 12.5. The van der Waals surface area contributed by atoms with Crippen LogP contribution in [0.3, 0.4) is 0 Å². The first kappa shape index (κ1) is 19.2. The maximum atomic E-state index is 12.5. The maximum Gasteiger partial charge on any atom is 0.328 e. The van der Waals surface area contributed by atoms with E-state index in [-0.39, 0.29) is 23.3 Å². The first-order valence-corrected chi connectivity index (χ1v) is 7.98. The quantitative estimate of drug-likeness (QED) is 0.846. The number of hydrogen-bond acceptors (Lipinski definition) is 4. The second kappa shape index (κ2) is 7.15. The Morgan fingerprint density at radius 2 is 1.78 bits per heavy atom. The minimum absolute atomic E-state index is 0.0688. The van der Waals surface area contributed by atoms with Crippen LogP contribution in [0.25, 0.3) is 0 Å². The van der Waals surface area contributed by atoms with Gasteiger partial charge in [0.2, 0.25) is 0 Å². The number of aromatic nitrogens is 2. The van der Waals surface area contributed by atoms with Gasteiger partial charge >= 0.3 is 5.97 Å². The molecule has 1 rings (SSSR count). The van der Waals surface area contributed by atoms with Crippen LogP contribution >= 0.6 is 0 Å². The summed E-state index contributed by atoms with van der Waals surface area (Å²) in [5.41, 5.74) is 1.08. The molecule has 0 spiro atoms. The van der Waals surface area contributed by atoms with Crippen LogP contribution in [0.15, 0.2) is 6.07 Å². The largest absolute Gasteiger partial charge is 0.467 e. The van der Waals surface area contributed by atoms with Gasteiger partial charge in [-0.25, -0.2) is 4.79 Å². The lowest BCUT2D eigenvalue weighted by molar-refractivity contribution is -0.144. The zero-order valence-corrected chi connectivity index (χ0v) is 15.4. The monoisotopic (exact) mass is 323 g/mol. The van der Waals surface area contributed by atoms with Gasteiger partial charge in [0.15, 0.2) is 0 Å². The number of ether oxygens (including phenoxy) is 1. The molecule has 23 heavy (non-hydrogen) atoms. The molecule has 1 atom stereocenters. The third-order valence-electron chi connectivity index (χ3n) is 3.60. The highest BCUT2D eigenvalue weighted by atomic mass is 16.5. The van der Waals surface area contributed by atoms with Gasteiger partial charge in [-0.3, -0.25) is 9.48 Å². The van der Waals surface area contributed by atoms with E-state index < -0.39 is 12.0 Å². The predicted molar refractivity (Wildman–Crippen MR) is 89.4 cm³/mol. The second-order valence-corrected chi connectivity index (χ2v) is 7.41. The summed E-state index contributed by atoms with van der Waals surface area (Å²) < 4.78 is 6.62. The first-order chi connectivity index (χ1) is 10.5. The van der Waals surface area contributed by atoms with Crippen LogP contribution in [0.2, 0.25) is 0 Å². The Hall–Kier alpha value is -1.85. The molecule has 1 amide bonds. The van der Waals surface area contributed by atoms with Crippen molar-refractivity contribution in [2.75, 3.05) is 7.11 Å². The van der Waals surface area contributed by atoms with E-state index in [0.29, 0.717) is 5.69 Å². The third-order valence-corrected chi connectivity index (χ3v) is 3.60. The minimum atomic E-state index is -0.685. The van der Waals surface area contributed by atoms with E-state index in [9.17, 15) is 9.59 Å². The van der Waals surface area contributed by atoms with Gasteiger partial charge in [0.05, 0.1) is 12.6 Å².